The third kappa shape index (κ3) is 11.9. The SMILES string of the molecule is CCOc1ccc(/C=C/C2CCC(CCCCCC(=O)CCCCCC3CCC(/C=C/c4ccc(C)c(F)c4F)CC3)CC2)c(F)c1F. The van der Waals surface area contributed by atoms with E-state index in [0.29, 0.717) is 48.2 Å². The van der Waals surface area contributed by atoms with Gasteiger partial charge in [0.25, 0.3) is 0 Å². The summed E-state index contributed by atoms with van der Waals surface area (Å²) in [5.41, 5.74) is 0.935. The molecule has 0 atom stereocenters. The highest BCUT2D eigenvalue weighted by Gasteiger charge is 2.21. The molecule has 0 aromatic heterocycles. The topological polar surface area (TPSA) is 26.3 Å². The number of rotatable bonds is 18. The number of carbonyl (C=O) groups excluding carboxylic acids is 1. The summed E-state index contributed by atoms with van der Waals surface area (Å²) in [6, 6.07) is 6.35. The van der Waals surface area contributed by atoms with E-state index in [1.807, 2.05) is 6.08 Å². The van der Waals surface area contributed by atoms with Crippen molar-refractivity contribution in [2.45, 2.75) is 129 Å². The summed E-state index contributed by atoms with van der Waals surface area (Å²) in [7, 11) is 0. The fourth-order valence-corrected chi connectivity index (χ4v) is 7.54. The Kier molecular flexibility index (Phi) is 15.8. The van der Waals surface area contributed by atoms with Gasteiger partial charge in [0.2, 0.25) is 5.82 Å². The van der Waals surface area contributed by atoms with Crippen LogP contribution < -0.4 is 4.74 Å². The smallest absolute Gasteiger partial charge is 0.201 e. The van der Waals surface area contributed by atoms with Gasteiger partial charge in [0.15, 0.2) is 23.2 Å². The van der Waals surface area contributed by atoms with E-state index in [1.165, 1.54) is 57.4 Å². The van der Waals surface area contributed by atoms with Gasteiger partial charge in [-0.25, -0.2) is 13.2 Å². The number of aryl methyl sites for hydroxylation is 1. The van der Waals surface area contributed by atoms with Gasteiger partial charge in [-0.2, -0.15) is 4.39 Å². The molecule has 264 valence electrons. The number of ketones is 1. The van der Waals surface area contributed by atoms with Crippen molar-refractivity contribution < 1.29 is 27.1 Å². The van der Waals surface area contributed by atoms with Gasteiger partial charge in [-0.1, -0.05) is 75.0 Å². The Morgan fingerprint density at radius 3 is 1.62 bits per heavy atom. The van der Waals surface area contributed by atoms with E-state index in [0.717, 1.165) is 63.2 Å². The van der Waals surface area contributed by atoms with Crippen LogP contribution in [0, 0.1) is 53.9 Å². The zero-order valence-corrected chi connectivity index (χ0v) is 29.2. The van der Waals surface area contributed by atoms with Crippen LogP contribution in [0.3, 0.4) is 0 Å². The molecular formula is C42H56F4O2. The number of halogens is 4. The number of hydrogen-bond acceptors (Lipinski definition) is 2. The lowest BCUT2D eigenvalue weighted by molar-refractivity contribution is -0.119. The minimum Gasteiger partial charge on any atom is -0.491 e. The van der Waals surface area contributed by atoms with Crippen molar-refractivity contribution in [2.24, 2.45) is 23.7 Å². The standard InChI is InChI=1S/C42H56F4O2/c1-3-48-38-29-28-36(41(45)42(38)46)27-24-34-21-17-32(18-22-34)11-7-5-9-13-37(47)12-8-4-6-10-31-15-19-33(20-16-31)23-26-35-25-14-30(2)39(43)40(35)44/h14,23-29,31-34H,3-13,15-22H2,1-2H3/b26-23+,27-24+. The van der Waals surface area contributed by atoms with Crippen molar-refractivity contribution in [3.8, 4) is 5.75 Å². The first-order valence-electron chi connectivity index (χ1n) is 18.7. The summed E-state index contributed by atoms with van der Waals surface area (Å²) in [4.78, 5) is 12.4. The van der Waals surface area contributed by atoms with Crippen LogP contribution in [0.4, 0.5) is 17.6 Å². The number of hydrogen-bond donors (Lipinski definition) is 0. The first-order chi connectivity index (χ1) is 23.2. The molecule has 0 unspecified atom stereocenters. The van der Waals surface area contributed by atoms with Gasteiger partial charge < -0.3 is 4.74 Å². The van der Waals surface area contributed by atoms with Gasteiger partial charge in [-0.05, 0) is 119 Å². The van der Waals surface area contributed by atoms with Gasteiger partial charge in [0.05, 0.1) is 6.61 Å². The van der Waals surface area contributed by atoms with Crippen LogP contribution in [0.2, 0.25) is 0 Å². The number of unbranched alkanes of at least 4 members (excludes halogenated alkanes) is 4. The molecule has 2 aliphatic rings. The van der Waals surface area contributed by atoms with Gasteiger partial charge in [-0.15, -0.1) is 0 Å². The molecule has 48 heavy (non-hydrogen) atoms. The van der Waals surface area contributed by atoms with Crippen LogP contribution in [0.1, 0.15) is 139 Å². The maximum atomic E-state index is 14.4. The average Bonchev–Trinajstić information content (AvgIpc) is 3.09. The Bertz CT molecular complexity index is 1350. The lowest BCUT2D eigenvalue weighted by Gasteiger charge is -2.26. The molecule has 2 fully saturated rings. The van der Waals surface area contributed by atoms with E-state index < -0.39 is 23.3 Å². The molecule has 0 N–H and O–H groups in total. The van der Waals surface area contributed by atoms with Crippen molar-refractivity contribution in [2.75, 3.05) is 6.61 Å². The van der Waals surface area contributed by atoms with Gasteiger partial charge in [-0.3, -0.25) is 4.79 Å². The van der Waals surface area contributed by atoms with Gasteiger partial charge in [0, 0.05) is 24.0 Å². The van der Waals surface area contributed by atoms with E-state index >= 15 is 0 Å². The lowest BCUT2D eigenvalue weighted by Crippen LogP contribution is -2.13. The predicted octanol–water partition coefficient (Wildman–Crippen LogP) is 12.8. The van der Waals surface area contributed by atoms with E-state index in [9.17, 15) is 22.4 Å². The third-order valence-electron chi connectivity index (χ3n) is 10.7. The number of allylic oxidation sites excluding steroid dienone is 2. The summed E-state index contributed by atoms with van der Waals surface area (Å²) in [5, 5.41) is 0. The summed E-state index contributed by atoms with van der Waals surface area (Å²) < 4.78 is 61.6. The minimum atomic E-state index is -0.920. The first-order valence-corrected chi connectivity index (χ1v) is 18.7. The minimum absolute atomic E-state index is 0.0413. The van der Waals surface area contributed by atoms with Gasteiger partial charge in [0.1, 0.15) is 5.78 Å². The lowest BCUT2D eigenvalue weighted by atomic mass is 9.79. The van der Waals surface area contributed by atoms with Crippen molar-refractivity contribution in [3.05, 3.63) is 76.4 Å². The third-order valence-corrected chi connectivity index (χ3v) is 10.7. The molecule has 0 bridgehead atoms. The number of carbonyl (C=O) groups is 1. The highest BCUT2D eigenvalue weighted by Crippen LogP contribution is 2.35. The largest absolute Gasteiger partial charge is 0.491 e. The van der Waals surface area contributed by atoms with Crippen LogP contribution in [0.15, 0.2) is 36.4 Å². The molecule has 0 saturated heterocycles. The van der Waals surface area contributed by atoms with E-state index in [4.69, 9.17) is 4.74 Å². The second-order valence-electron chi connectivity index (χ2n) is 14.3. The summed E-state index contributed by atoms with van der Waals surface area (Å²) in [5.74, 6) is -0.600. The second kappa shape index (κ2) is 19.9. The van der Waals surface area contributed by atoms with Crippen LogP contribution in [0.5, 0.6) is 5.75 Å². The highest BCUT2D eigenvalue weighted by atomic mass is 19.2. The maximum absolute atomic E-state index is 14.4. The molecule has 0 spiro atoms. The predicted molar refractivity (Wildman–Crippen MR) is 189 cm³/mol. The van der Waals surface area contributed by atoms with E-state index in [1.54, 1.807) is 44.2 Å². The summed E-state index contributed by atoms with van der Waals surface area (Å²) >= 11 is 0. The molecule has 2 saturated carbocycles. The summed E-state index contributed by atoms with van der Waals surface area (Å²) in [6.45, 7) is 3.62. The fraction of sp³-hybridized carbons (Fsp3) is 0.595. The molecule has 0 amide bonds. The molecule has 2 aromatic rings. The molecule has 2 aliphatic carbocycles. The zero-order chi connectivity index (χ0) is 34.3. The van der Waals surface area contributed by atoms with E-state index in [2.05, 4.69) is 6.08 Å². The van der Waals surface area contributed by atoms with Crippen molar-refractivity contribution >= 4 is 17.9 Å². The van der Waals surface area contributed by atoms with Crippen molar-refractivity contribution in [1.82, 2.24) is 0 Å². The Morgan fingerprint density at radius 2 is 1.12 bits per heavy atom. The Morgan fingerprint density at radius 1 is 0.646 bits per heavy atom. The quantitative estimate of drug-likeness (QED) is 0.117. The molecule has 0 aliphatic heterocycles. The highest BCUT2D eigenvalue weighted by molar-refractivity contribution is 5.78. The summed E-state index contributed by atoms with van der Waals surface area (Å²) in [6.07, 6.45) is 27.1. The first kappa shape index (κ1) is 37.9. The van der Waals surface area contributed by atoms with E-state index in [-0.39, 0.29) is 11.3 Å². The number of Topliss-reactive ketones (excluding diaryl/α,β-unsaturated/α-hetero) is 1. The van der Waals surface area contributed by atoms with Crippen LogP contribution >= 0.6 is 0 Å². The molecule has 2 nitrogen and oxygen atoms in total. The Balaban J connectivity index is 0.978. The molecule has 2 aromatic carbocycles. The van der Waals surface area contributed by atoms with Gasteiger partial charge >= 0.3 is 0 Å². The average molecular weight is 669 g/mol. The maximum Gasteiger partial charge on any atom is 0.201 e. The molecule has 0 radical (unpaired) electrons. The Labute approximate surface area is 286 Å². The molecule has 6 heteroatoms. The monoisotopic (exact) mass is 668 g/mol. The number of ether oxygens (including phenoxy) is 1. The zero-order valence-electron chi connectivity index (χ0n) is 29.2. The normalized spacial score (nSPS) is 21.7. The molecule has 0 heterocycles. The van der Waals surface area contributed by atoms with Crippen molar-refractivity contribution in [3.63, 3.8) is 0 Å². The Hall–Kier alpha value is -2.89. The fourth-order valence-electron chi connectivity index (χ4n) is 7.54. The number of benzene rings is 2. The second-order valence-corrected chi connectivity index (χ2v) is 14.3. The van der Waals surface area contributed by atoms with Crippen LogP contribution in [-0.4, -0.2) is 12.4 Å². The molecule has 4 rings (SSSR count). The van der Waals surface area contributed by atoms with Crippen LogP contribution in [0.25, 0.3) is 12.2 Å². The van der Waals surface area contributed by atoms with Crippen molar-refractivity contribution in [1.29, 1.82) is 0 Å². The molecular weight excluding hydrogens is 612 g/mol. The van der Waals surface area contributed by atoms with Crippen LogP contribution in [-0.2, 0) is 4.79 Å².